The van der Waals surface area contributed by atoms with E-state index in [2.05, 4.69) is 45.1 Å². The molecule has 0 spiro atoms. The van der Waals surface area contributed by atoms with Crippen molar-refractivity contribution in [3.8, 4) is 17.2 Å². The summed E-state index contributed by atoms with van der Waals surface area (Å²) in [5.74, 6) is -0.998. The van der Waals surface area contributed by atoms with Crippen LogP contribution < -0.4 is 19.6 Å². The molecule has 194 valence electrons. The summed E-state index contributed by atoms with van der Waals surface area (Å²) >= 11 is 0. The quantitative estimate of drug-likeness (QED) is 0.164. The molecule has 10 nitrogen and oxygen atoms in total. The topological polar surface area (TPSA) is 129 Å². The highest BCUT2D eigenvalue weighted by atomic mass is 16.6. The van der Waals surface area contributed by atoms with E-state index in [1.165, 1.54) is 31.7 Å². The normalized spacial score (nSPS) is 11.8. The molecule has 0 radical (unpaired) electrons. The zero-order valence-electron chi connectivity index (χ0n) is 21.7. The molecule has 0 saturated carbocycles. The first kappa shape index (κ1) is 28.3. The van der Waals surface area contributed by atoms with Gasteiger partial charge in [-0.1, -0.05) is 46.8 Å². The second kappa shape index (κ2) is 11.7. The number of hydrazone groups is 1. The molecule has 0 unspecified atom stereocenters. The van der Waals surface area contributed by atoms with Crippen molar-refractivity contribution in [1.82, 2.24) is 5.43 Å². The first-order valence-corrected chi connectivity index (χ1v) is 11.3. The molecule has 1 N–H and O–H groups in total. The summed E-state index contributed by atoms with van der Waals surface area (Å²) in [7, 11) is 1.22. The van der Waals surface area contributed by atoms with Gasteiger partial charge >= 0.3 is 11.7 Å². The van der Waals surface area contributed by atoms with Crippen LogP contribution in [0, 0.1) is 15.5 Å². The summed E-state index contributed by atoms with van der Waals surface area (Å²) in [4.78, 5) is 34.3. The Morgan fingerprint density at radius 2 is 1.72 bits per heavy atom. The fourth-order valence-electron chi connectivity index (χ4n) is 4.08. The Hall–Kier alpha value is -3.95. The van der Waals surface area contributed by atoms with E-state index in [9.17, 15) is 19.7 Å². The van der Waals surface area contributed by atoms with Gasteiger partial charge < -0.3 is 14.2 Å². The van der Waals surface area contributed by atoms with E-state index >= 15 is 0 Å². The fourth-order valence-corrected chi connectivity index (χ4v) is 4.08. The van der Waals surface area contributed by atoms with E-state index < -0.39 is 22.5 Å². The summed E-state index contributed by atoms with van der Waals surface area (Å²) < 4.78 is 15.5. The Kier molecular flexibility index (Phi) is 9.16. The lowest BCUT2D eigenvalue weighted by Crippen LogP contribution is -2.25. The van der Waals surface area contributed by atoms with E-state index in [1.54, 1.807) is 0 Å². The van der Waals surface area contributed by atoms with Crippen LogP contribution in [0.15, 0.2) is 41.5 Å². The summed E-state index contributed by atoms with van der Waals surface area (Å²) in [6.07, 6.45) is 2.11. The Morgan fingerprint density at radius 3 is 2.25 bits per heavy atom. The standard InChI is InChI=1S/C26H33N3O7/c1-17(30)36-21-13-8-18(23(29(32)33)24(21)34-7)14-27-28-22(31)15-35-20-11-9-19(10-12-20)26(5,6)16-25(2,3)4/h8-14H,15-16H2,1-7H3,(H,28,31). The van der Waals surface area contributed by atoms with Crippen LogP contribution in [0.2, 0.25) is 0 Å². The minimum absolute atomic E-state index is 0.00937. The number of nitro groups is 1. The van der Waals surface area contributed by atoms with Gasteiger partial charge in [0.2, 0.25) is 5.75 Å². The van der Waals surface area contributed by atoms with Gasteiger partial charge in [-0.25, -0.2) is 5.43 Å². The van der Waals surface area contributed by atoms with Gasteiger partial charge in [0, 0.05) is 6.92 Å². The van der Waals surface area contributed by atoms with Crippen molar-refractivity contribution in [1.29, 1.82) is 0 Å². The van der Waals surface area contributed by atoms with Crippen LogP contribution in [0.4, 0.5) is 5.69 Å². The van der Waals surface area contributed by atoms with Gasteiger partial charge in [-0.05, 0) is 47.1 Å². The third kappa shape index (κ3) is 8.07. The zero-order chi connectivity index (χ0) is 27.1. The highest BCUT2D eigenvalue weighted by Crippen LogP contribution is 2.39. The van der Waals surface area contributed by atoms with E-state index in [0.717, 1.165) is 12.6 Å². The molecule has 0 saturated heterocycles. The van der Waals surface area contributed by atoms with Crippen LogP contribution in [0.1, 0.15) is 59.1 Å². The van der Waals surface area contributed by atoms with Crippen LogP contribution in [-0.2, 0) is 15.0 Å². The molecule has 36 heavy (non-hydrogen) atoms. The monoisotopic (exact) mass is 499 g/mol. The SMILES string of the molecule is COc1c(OC(C)=O)ccc(C=NNC(=O)COc2ccc(C(C)(C)CC(C)(C)C)cc2)c1[N+](=O)[O-]. The van der Waals surface area contributed by atoms with Gasteiger partial charge in [-0.2, -0.15) is 5.10 Å². The van der Waals surface area contributed by atoms with Crippen molar-refractivity contribution < 1.29 is 28.7 Å². The molecule has 2 aromatic rings. The fraction of sp³-hybridized carbons (Fsp3) is 0.423. The number of amides is 1. The number of nitrogens with one attached hydrogen (secondary N) is 1. The maximum atomic E-state index is 12.1. The molecule has 0 atom stereocenters. The number of nitro benzene ring substituents is 1. The highest BCUT2D eigenvalue weighted by Gasteiger charge is 2.27. The van der Waals surface area contributed by atoms with Crippen molar-refractivity contribution in [3.63, 3.8) is 0 Å². The molecule has 0 fully saturated rings. The van der Waals surface area contributed by atoms with Crippen LogP contribution in [0.3, 0.4) is 0 Å². The third-order valence-corrected chi connectivity index (χ3v) is 5.14. The second-order valence-corrected chi connectivity index (χ2v) is 10.1. The number of carbonyl (C=O) groups excluding carboxylic acids is 2. The van der Waals surface area contributed by atoms with Crippen LogP contribution in [0.5, 0.6) is 17.2 Å². The first-order chi connectivity index (χ1) is 16.7. The molecule has 0 bridgehead atoms. The molecule has 0 aromatic heterocycles. The van der Waals surface area contributed by atoms with Crippen molar-refractivity contribution in [2.75, 3.05) is 13.7 Å². The molecule has 2 rings (SSSR count). The Morgan fingerprint density at radius 1 is 1.08 bits per heavy atom. The predicted octanol–water partition coefficient (Wildman–Crippen LogP) is 4.77. The average Bonchev–Trinajstić information content (AvgIpc) is 2.76. The number of carbonyl (C=O) groups is 2. The van der Waals surface area contributed by atoms with Crippen LogP contribution in [-0.4, -0.2) is 36.7 Å². The molecular formula is C26H33N3O7. The summed E-state index contributed by atoms with van der Waals surface area (Å²) in [6, 6.07) is 10.3. The van der Waals surface area contributed by atoms with Crippen molar-refractivity contribution in [2.24, 2.45) is 10.5 Å². The minimum atomic E-state index is -0.690. The van der Waals surface area contributed by atoms with E-state index in [-0.39, 0.29) is 34.5 Å². The number of benzene rings is 2. The number of ether oxygens (including phenoxy) is 3. The predicted molar refractivity (Wildman–Crippen MR) is 136 cm³/mol. The van der Waals surface area contributed by atoms with E-state index in [0.29, 0.717) is 5.75 Å². The van der Waals surface area contributed by atoms with Gasteiger partial charge in [0.25, 0.3) is 5.91 Å². The Balaban J connectivity index is 2.02. The van der Waals surface area contributed by atoms with Gasteiger partial charge in [0.05, 0.1) is 23.8 Å². The van der Waals surface area contributed by atoms with Crippen molar-refractivity contribution >= 4 is 23.8 Å². The molecule has 0 heterocycles. The Bertz CT molecular complexity index is 1130. The van der Waals surface area contributed by atoms with E-state index in [4.69, 9.17) is 14.2 Å². The molecule has 0 aliphatic carbocycles. The summed E-state index contributed by atoms with van der Waals surface area (Å²) in [5.41, 5.74) is 3.21. The molecule has 10 heteroatoms. The van der Waals surface area contributed by atoms with Gasteiger partial charge in [-0.15, -0.1) is 0 Å². The van der Waals surface area contributed by atoms with Gasteiger partial charge in [0.1, 0.15) is 5.75 Å². The summed E-state index contributed by atoms with van der Waals surface area (Å²) in [6.45, 7) is 11.9. The highest BCUT2D eigenvalue weighted by molar-refractivity contribution is 5.90. The van der Waals surface area contributed by atoms with Crippen molar-refractivity contribution in [3.05, 3.63) is 57.6 Å². The molecular weight excluding hydrogens is 466 g/mol. The Labute approximate surface area is 210 Å². The lowest BCUT2D eigenvalue weighted by atomic mass is 9.72. The smallest absolute Gasteiger partial charge is 0.323 e. The van der Waals surface area contributed by atoms with Crippen LogP contribution in [0.25, 0.3) is 0 Å². The van der Waals surface area contributed by atoms with Gasteiger partial charge in [-0.3, -0.25) is 19.7 Å². The number of hydrogen-bond donors (Lipinski definition) is 1. The number of rotatable bonds is 10. The number of methoxy groups -OCH3 is 1. The minimum Gasteiger partial charge on any atom is -0.488 e. The second-order valence-electron chi connectivity index (χ2n) is 10.1. The molecule has 2 aromatic carbocycles. The third-order valence-electron chi connectivity index (χ3n) is 5.14. The molecule has 1 amide bonds. The van der Waals surface area contributed by atoms with Gasteiger partial charge in [0.15, 0.2) is 12.4 Å². The lowest BCUT2D eigenvalue weighted by Gasteiger charge is -2.33. The maximum absolute atomic E-state index is 12.1. The van der Waals surface area contributed by atoms with Crippen molar-refractivity contribution in [2.45, 2.75) is 53.4 Å². The number of esters is 1. The first-order valence-electron chi connectivity index (χ1n) is 11.3. The summed E-state index contributed by atoms with van der Waals surface area (Å²) in [5, 5.41) is 15.3. The molecule has 0 aliphatic rings. The average molecular weight is 500 g/mol. The van der Waals surface area contributed by atoms with E-state index in [1.807, 2.05) is 24.3 Å². The number of hydrogen-bond acceptors (Lipinski definition) is 8. The lowest BCUT2D eigenvalue weighted by molar-refractivity contribution is -0.385. The zero-order valence-corrected chi connectivity index (χ0v) is 21.7. The molecule has 0 aliphatic heterocycles. The maximum Gasteiger partial charge on any atom is 0.323 e. The van der Waals surface area contributed by atoms with Crippen LogP contribution >= 0.6 is 0 Å². The number of nitrogens with zero attached hydrogens (tertiary/aromatic N) is 2. The largest absolute Gasteiger partial charge is 0.488 e.